The fraction of sp³-hybridized carbons (Fsp3) is 0.235. The van der Waals surface area contributed by atoms with Crippen LogP contribution >= 0.6 is 0 Å². The molecule has 2 aromatic rings. The molecule has 0 aliphatic rings. The van der Waals surface area contributed by atoms with Crippen molar-refractivity contribution >= 4 is 17.3 Å². The maximum absolute atomic E-state index is 12.3. The van der Waals surface area contributed by atoms with Crippen LogP contribution in [0.5, 0.6) is 0 Å². The van der Waals surface area contributed by atoms with E-state index in [4.69, 9.17) is 5.73 Å². The summed E-state index contributed by atoms with van der Waals surface area (Å²) in [5, 5.41) is 2.93. The van der Waals surface area contributed by atoms with Gasteiger partial charge in [0.1, 0.15) is 0 Å². The van der Waals surface area contributed by atoms with E-state index >= 15 is 0 Å². The molecule has 4 nitrogen and oxygen atoms in total. The van der Waals surface area contributed by atoms with Gasteiger partial charge in [0.05, 0.1) is 0 Å². The predicted octanol–water partition coefficient (Wildman–Crippen LogP) is 2.89. The lowest BCUT2D eigenvalue weighted by molar-refractivity contribution is 0.102. The molecule has 0 aliphatic heterocycles. The number of amides is 1. The monoisotopic (exact) mass is 283 g/mol. The molecular formula is C17H21N3O. The summed E-state index contributed by atoms with van der Waals surface area (Å²) in [4.78, 5) is 14.4. The number of hydrogen-bond acceptors (Lipinski definition) is 3. The van der Waals surface area contributed by atoms with Crippen LogP contribution in [0.4, 0.5) is 11.4 Å². The number of hydrogen-bond donors (Lipinski definition) is 2. The van der Waals surface area contributed by atoms with Gasteiger partial charge < -0.3 is 16.0 Å². The summed E-state index contributed by atoms with van der Waals surface area (Å²) in [5.74, 6) is -0.137. The normalized spacial score (nSPS) is 10.7. The number of rotatable bonds is 4. The van der Waals surface area contributed by atoms with E-state index in [1.165, 1.54) is 0 Å². The van der Waals surface area contributed by atoms with E-state index < -0.39 is 0 Å². The minimum atomic E-state index is -0.137. The van der Waals surface area contributed by atoms with E-state index in [1.54, 1.807) is 18.2 Å². The average Bonchev–Trinajstić information content (AvgIpc) is 2.41. The summed E-state index contributed by atoms with van der Waals surface area (Å²) < 4.78 is 0. The van der Waals surface area contributed by atoms with E-state index in [0.29, 0.717) is 11.3 Å². The highest BCUT2D eigenvalue weighted by Crippen LogP contribution is 2.18. The first-order valence-corrected chi connectivity index (χ1v) is 6.87. The molecule has 0 saturated heterocycles. The maximum Gasteiger partial charge on any atom is 0.256 e. The number of benzene rings is 2. The van der Waals surface area contributed by atoms with E-state index in [0.717, 1.165) is 23.4 Å². The summed E-state index contributed by atoms with van der Waals surface area (Å²) in [7, 11) is 4.03. The van der Waals surface area contributed by atoms with Crippen molar-refractivity contribution < 1.29 is 4.79 Å². The Kier molecular flexibility index (Phi) is 4.60. The van der Waals surface area contributed by atoms with Crippen LogP contribution in [-0.4, -0.2) is 24.9 Å². The van der Waals surface area contributed by atoms with Gasteiger partial charge in [0.25, 0.3) is 5.91 Å². The summed E-state index contributed by atoms with van der Waals surface area (Å²) in [6, 6.07) is 13.2. The Balaban J connectivity index is 2.18. The standard InChI is InChI=1S/C17H21N3O/c1-12-15(8-5-9-16(12)18)17(21)19-14-7-4-6-13(10-14)11-20(2)3/h4-10H,11,18H2,1-3H3,(H,19,21). The number of nitrogen functional groups attached to an aromatic ring is 1. The van der Waals surface area contributed by atoms with Crippen molar-refractivity contribution in [2.45, 2.75) is 13.5 Å². The van der Waals surface area contributed by atoms with Gasteiger partial charge in [-0.05, 0) is 56.4 Å². The third-order valence-corrected chi connectivity index (χ3v) is 3.30. The molecule has 0 unspecified atom stereocenters. The van der Waals surface area contributed by atoms with Crippen molar-refractivity contribution in [1.82, 2.24) is 4.90 Å². The quantitative estimate of drug-likeness (QED) is 0.848. The number of nitrogens with one attached hydrogen (secondary N) is 1. The second-order valence-corrected chi connectivity index (χ2v) is 5.41. The zero-order chi connectivity index (χ0) is 15.4. The van der Waals surface area contributed by atoms with Crippen molar-refractivity contribution in [2.24, 2.45) is 0 Å². The lowest BCUT2D eigenvalue weighted by atomic mass is 10.1. The van der Waals surface area contributed by atoms with Gasteiger partial charge in [-0.3, -0.25) is 4.79 Å². The Bertz CT molecular complexity index is 650. The van der Waals surface area contributed by atoms with Gasteiger partial charge in [-0.15, -0.1) is 0 Å². The molecule has 0 aromatic heterocycles. The van der Waals surface area contributed by atoms with Crippen molar-refractivity contribution in [1.29, 1.82) is 0 Å². The fourth-order valence-electron chi connectivity index (χ4n) is 2.21. The van der Waals surface area contributed by atoms with Gasteiger partial charge in [0.15, 0.2) is 0 Å². The van der Waals surface area contributed by atoms with Crippen molar-refractivity contribution in [3.05, 3.63) is 59.2 Å². The van der Waals surface area contributed by atoms with Crippen LogP contribution < -0.4 is 11.1 Å². The molecule has 0 spiro atoms. The van der Waals surface area contributed by atoms with Gasteiger partial charge in [-0.2, -0.15) is 0 Å². The molecule has 4 heteroatoms. The second-order valence-electron chi connectivity index (χ2n) is 5.41. The number of carbonyl (C=O) groups is 1. The fourth-order valence-corrected chi connectivity index (χ4v) is 2.21. The molecule has 0 bridgehead atoms. The second kappa shape index (κ2) is 6.41. The SMILES string of the molecule is Cc1c(N)cccc1C(=O)Nc1cccc(CN(C)C)c1. The van der Waals surface area contributed by atoms with Gasteiger partial charge >= 0.3 is 0 Å². The Morgan fingerprint density at radius 3 is 2.62 bits per heavy atom. The Morgan fingerprint density at radius 2 is 1.90 bits per heavy atom. The molecule has 1 amide bonds. The molecule has 2 rings (SSSR count). The minimum Gasteiger partial charge on any atom is -0.398 e. The average molecular weight is 283 g/mol. The number of nitrogens with two attached hydrogens (primary N) is 1. The summed E-state index contributed by atoms with van der Waals surface area (Å²) >= 11 is 0. The van der Waals surface area contributed by atoms with Gasteiger partial charge in [0.2, 0.25) is 0 Å². The number of nitrogens with zero attached hydrogens (tertiary/aromatic N) is 1. The molecular weight excluding hydrogens is 262 g/mol. The third kappa shape index (κ3) is 3.83. The lowest BCUT2D eigenvalue weighted by Crippen LogP contribution is -2.15. The van der Waals surface area contributed by atoms with Crippen LogP contribution in [0.3, 0.4) is 0 Å². The molecule has 21 heavy (non-hydrogen) atoms. The van der Waals surface area contributed by atoms with E-state index in [1.807, 2.05) is 45.3 Å². The highest BCUT2D eigenvalue weighted by atomic mass is 16.1. The van der Waals surface area contributed by atoms with E-state index in [9.17, 15) is 4.79 Å². The molecule has 110 valence electrons. The Labute approximate surface area is 125 Å². The summed E-state index contributed by atoms with van der Waals surface area (Å²) in [6.45, 7) is 2.69. The number of anilines is 2. The van der Waals surface area contributed by atoms with Crippen molar-refractivity contribution in [3.63, 3.8) is 0 Å². The van der Waals surface area contributed by atoms with Crippen molar-refractivity contribution in [3.8, 4) is 0 Å². The first kappa shape index (κ1) is 15.1. The highest BCUT2D eigenvalue weighted by molar-refractivity contribution is 6.06. The Hall–Kier alpha value is -2.33. The summed E-state index contributed by atoms with van der Waals surface area (Å²) in [6.07, 6.45) is 0. The van der Waals surface area contributed by atoms with Crippen LogP contribution in [0.1, 0.15) is 21.5 Å². The molecule has 3 N–H and O–H groups in total. The third-order valence-electron chi connectivity index (χ3n) is 3.30. The molecule has 0 aliphatic carbocycles. The smallest absolute Gasteiger partial charge is 0.256 e. The maximum atomic E-state index is 12.3. The largest absolute Gasteiger partial charge is 0.398 e. The van der Waals surface area contributed by atoms with Crippen molar-refractivity contribution in [2.75, 3.05) is 25.1 Å². The van der Waals surface area contributed by atoms with E-state index in [2.05, 4.69) is 10.2 Å². The molecule has 0 radical (unpaired) electrons. The molecule has 0 atom stereocenters. The summed E-state index contributed by atoms with van der Waals surface area (Å²) in [5.41, 5.74) is 9.83. The predicted molar refractivity (Wildman–Crippen MR) is 87.4 cm³/mol. The first-order valence-electron chi connectivity index (χ1n) is 6.87. The van der Waals surface area contributed by atoms with Gasteiger partial charge in [-0.25, -0.2) is 0 Å². The Morgan fingerprint density at radius 1 is 1.19 bits per heavy atom. The highest BCUT2D eigenvalue weighted by Gasteiger charge is 2.11. The van der Waals surface area contributed by atoms with Crippen LogP contribution in [0.15, 0.2) is 42.5 Å². The van der Waals surface area contributed by atoms with Gasteiger partial charge in [-0.1, -0.05) is 18.2 Å². The van der Waals surface area contributed by atoms with Crippen LogP contribution in [0, 0.1) is 6.92 Å². The van der Waals surface area contributed by atoms with Gasteiger partial charge in [0, 0.05) is 23.5 Å². The lowest BCUT2D eigenvalue weighted by Gasteiger charge is -2.12. The zero-order valence-electron chi connectivity index (χ0n) is 12.7. The number of carbonyl (C=O) groups excluding carboxylic acids is 1. The van der Waals surface area contributed by atoms with E-state index in [-0.39, 0.29) is 5.91 Å². The topological polar surface area (TPSA) is 58.4 Å². The zero-order valence-corrected chi connectivity index (χ0v) is 12.7. The minimum absolute atomic E-state index is 0.137. The molecule has 0 heterocycles. The van der Waals surface area contributed by atoms with Crippen LogP contribution in [-0.2, 0) is 6.54 Å². The molecule has 2 aromatic carbocycles. The van der Waals surface area contributed by atoms with Crippen LogP contribution in [0.2, 0.25) is 0 Å². The molecule has 0 fully saturated rings. The van der Waals surface area contributed by atoms with Crippen LogP contribution in [0.25, 0.3) is 0 Å². The first-order chi connectivity index (χ1) is 9.97. The molecule has 0 saturated carbocycles.